The first-order valence-corrected chi connectivity index (χ1v) is 9.33. The van der Waals surface area contributed by atoms with Gasteiger partial charge in [-0.1, -0.05) is 18.2 Å². The molecule has 3 rings (SSSR count). The van der Waals surface area contributed by atoms with E-state index in [9.17, 15) is 14.0 Å². The van der Waals surface area contributed by atoms with Crippen LogP contribution in [0.2, 0.25) is 0 Å². The number of nitrogens with one attached hydrogen (secondary N) is 1. The van der Waals surface area contributed by atoms with Gasteiger partial charge < -0.3 is 14.8 Å². The highest BCUT2D eigenvalue weighted by Crippen LogP contribution is 2.26. The predicted octanol–water partition coefficient (Wildman–Crippen LogP) is 3.99. The third kappa shape index (κ3) is 4.75. The van der Waals surface area contributed by atoms with Crippen molar-refractivity contribution >= 4 is 23.5 Å². The molecule has 144 valence electrons. The highest BCUT2D eigenvalue weighted by molar-refractivity contribution is 7.10. The maximum atomic E-state index is 13.2. The Labute approximate surface area is 165 Å². The zero-order chi connectivity index (χ0) is 19.9. The molecular weight excluding hydrogens is 381 g/mol. The number of benzene rings is 2. The van der Waals surface area contributed by atoms with Crippen LogP contribution in [0.1, 0.15) is 26.8 Å². The molecule has 28 heavy (non-hydrogen) atoms. The molecule has 1 aromatic heterocycles. The molecule has 7 heteroatoms. The Morgan fingerprint density at radius 3 is 2.64 bits per heavy atom. The van der Waals surface area contributed by atoms with Crippen molar-refractivity contribution in [3.8, 4) is 11.5 Å². The SMILES string of the molecule is COc1ccc(OCC(=O)N[C@@H](c2ccc(F)cc2)c2cccs2)c(C=O)c1. The van der Waals surface area contributed by atoms with E-state index in [0.29, 0.717) is 23.3 Å². The number of aldehydes is 1. The first-order chi connectivity index (χ1) is 13.6. The fourth-order valence-corrected chi connectivity index (χ4v) is 3.45. The van der Waals surface area contributed by atoms with Crippen molar-refractivity contribution in [2.75, 3.05) is 13.7 Å². The zero-order valence-corrected chi connectivity index (χ0v) is 15.9. The number of halogens is 1. The van der Waals surface area contributed by atoms with Crippen LogP contribution in [0.4, 0.5) is 4.39 Å². The Balaban J connectivity index is 1.71. The monoisotopic (exact) mass is 399 g/mol. The first kappa shape index (κ1) is 19.6. The Hall–Kier alpha value is -3.19. The van der Waals surface area contributed by atoms with E-state index in [0.717, 1.165) is 10.4 Å². The van der Waals surface area contributed by atoms with Crippen LogP contribution in [0.5, 0.6) is 11.5 Å². The molecule has 0 radical (unpaired) electrons. The van der Waals surface area contributed by atoms with Gasteiger partial charge >= 0.3 is 0 Å². The highest BCUT2D eigenvalue weighted by atomic mass is 32.1. The first-order valence-electron chi connectivity index (χ1n) is 8.45. The predicted molar refractivity (Wildman–Crippen MR) is 105 cm³/mol. The summed E-state index contributed by atoms with van der Waals surface area (Å²) in [5.74, 6) is 0.105. The Morgan fingerprint density at radius 1 is 1.21 bits per heavy atom. The standard InChI is InChI=1S/C21H18FNO4S/c1-26-17-8-9-18(15(11-17)12-24)27-13-20(25)23-21(19-3-2-10-28-19)14-4-6-16(22)7-5-14/h2-12,21H,13H2,1H3,(H,23,25)/t21-/m0/s1. The second-order valence-electron chi connectivity index (χ2n) is 5.88. The fraction of sp³-hybridized carbons (Fsp3) is 0.143. The van der Waals surface area contributed by atoms with Crippen LogP contribution in [0, 0.1) is 5.82 Å². The van der Waals surface area contributed by atoms with Gasteiger partial charge in [0.1, 0.15) is 17.3 Å². The van der Waals surface area contributed by atoms with Crippen molar-refractivity contribution in [2.24, 2.45) is 0 Å². The lowest BCUT2D eigenvalue weighted by Gasteiger charge is -2.18. The Kier molecular flexibility index (Phi) is 6.39. The molecule has 2 aromatic carbocycles. The van der Waals surface area contributed by atoms with Gasteiger partial charge in [0.05, 0.1) is 18.7 Å². The van der Waals surface area contributed by atoms with Crippen LogP contribution in [0.25, 0.3) is 0 Å². The van der Waals surface area contributed by atoms with Gasteiger partial charge in [-0.3, -0.25) is 9.59 Å². The number of carbonyl (C=O) groups is 2. The second kappa shape index (κ2) is 9.14. The molecular formula is C21H18FNO4S. The van der Waals surface area contributed by atoms with Gasteiger partial charge in [0, 0.05) is 4.88 Å². The molecule has 0 aliphatic rings. The van der Waals surface area contributed by atoms with E-state index in [1.54, 1.807) is 24.3 Å². The highest BCUT2D eigenvalue weighted by Gasteiger charge is 2.18. The van der Waals surface area contributed by atoms with Crippen molar-refractivity contribution in [1.82, 2.24) is 5.32 Å². The van der Waals surface area contributed by atoms with Gasteiger partial charge in [-0.25, -0.2) is 4.39 Å². The molecule has 5 nitrogen and oxygen atoms in total. The normalized spacial score (nSPS) is 11.5. The van der Waals surface area contributed by atoms with E-state index in [4.69, 9.17) is 9.47 Å². The molecule has 1 atom stereocenters. The number of hydrogen-bond acceptors (Lipinski definition) is 5. The summed E-state index contributed by atoms with van der Waals surface area (Å²) in [4.78, 5) is 24.6. The largest absolute Gasteiger partial charge is 0.497 e. The summed E-state index contributed by atoms with van der Waals surface area (Å²) in [5, 5.41) is 4.80. The third-order valence-corrected chi connectivity index (χ3v) is 4.98. The van der Waals surface area contributed by atoms with Gasteiger partial charge in [0.25, 0.3) is 5.91 Å². The summed E-state index contributed by atoms with van der Waals surface area (Å²) in [6, 6.07) is 14.1. The topological polar surface area (TPSA) is 64.6 Å². The van der Waals surface area contributed by atoms with E-state index in [1.807, 2.05) is 17.5 Å². The van der Waals surface area contributed by atoms with E-state index in [1.165, 1.54) is 36.6 Å². The summed E-state index contributed by atoms with van der Waals surface area (Å²) in [7, 11) is 1.50. The molecule has 0 unspecified atom stereocenters. The average molecular weight is 399 g/mol. The molecule has 3 aromatic rings. The van der Waals surface area contributed by atoms with Gasteiger partial charge in [0.15, 0.2) is 12.9 Å². The zero-order valence-electron chi connectivity index (χ0n) is 15.1. The van der Waals surface area contributed by atoms with E-state index in [2.05, 4.69) is 5.32 Å². The summed E-state index contributed by atoms with van der Waals surface area (Å²) < 4.78 is 23.8. The maximum Gasteiger partial charge on any atom is 0.258 e. The minimum absolute atomic E-state index is 0.268. The van der Waals surface area contributed by atoms with Crippen LogP contribution >= 0.6 is 11.3 Å². The number of methoxy groups -OCH3 is 1. The van der Waals surface area contributed by atoms with Gasteiger partial charge in [-0.2, -0.15) is 0 Å². The number of thiophene rings is 1. The van der Waals surface area contributed by atoms with Crippen LogP contribution in [0.15, 0.2) is 60.0 Å². The number of carbonyl (C=O) groups excluding carboxylic acids is 2. The minimum atomic E-state index is -0.418. The summed E-state index contributed by atoms with van der Waals surface area (Å²) in [5.41, 5.74) is 1.05. The quantitative estimate of drug-likeness (QED) is 0.582. The summed E-state index contributed by atoms with van der Waals surface area (Å²) >= 11 is 1.49. The van der Waals surface area contributed by atoms with E-state index < -0.39 is 6.04 Å². The molecule has 0 bridgehead atoms. The van der Waals surface area contributed by atoms with Crippen LogP contribution < -0.4 is 14.8 Å². The summed E-state index contributed by atoms with van der Waals surface area (Å²) in [6.07, 6.45) is 0.642. The number of hydrogen-bond donors (Lipinski definition) is 1. The third-order valence-electron chi connectivity index (χ3n) is 4.04. The molecule has 0 saturated heterocycles. The van der Waals surface area contributed by atoms with Crippen molar-refractivity contribution in [1.29, 1.82) is 0 Å². The molecule has 0 fully saturated rings. The van der Waals surface area contributed by atoms with Crippen molar-refractivity contribution < 1.29 is 23.5 Å². The second-order valence-corrected chi connectivity index (χ2v) is 6.86. The van der Waals surface area contributed by atoms with Crippen molar-refractivity contribution in [3.05, 3.63) is 81.8 Å². The van der Waals surface area contributed by atoms with Gasteiger partial charge in [0.2, 0.25) is 0 Å². The van der Waals surface area contributed by atoms with Crippen molar-refractivity contribution in [3.63, 3.8) is 0 Å². The van der Waals surface area contributed by atoms with Crippen LogP contribution in [0.3, 0.4) is 0 Å². The number of ether oxygens (including phenoxy) is 2. The lowest BCUT2D eigenvalue weighted by Crippen LogP contribution is -2.33. The van der Waals surface area contributed by atoms with E-state index in [-0.39, 0.29) is 18.3 Å². The molecule has 0 saturated carbocycles. The number of amides is 1. The molecule has 1 N–H and O–H groups in total. The number of rotatable bonds is 8. The average Bonchev–Trinajstić information content (AvgIpc) is 3.25. The van der Waals surface area contributed by atoms with Gasteiger partial charge in [-0.05, 0) is 47.3 Å². The maximum absolute atomic E-state index is 13.2. The van der Waals surface area contributed by atoms with Crippen LogP contribution in [-0.4, -0.2) is 25.9 Å². The van der Waals surface area contributed by atoms with Crippen molar-refractivity contribution in [2.45, 2.75) is 6.04 Å². The molecule has 1 heterocycles. The molecule has 0 aliphatic carbocycles. The lowest BCUT2D eigenvalue weighted by atomic mass is 10.1. The van der Waals surface area contributed by atoms with E-state index >= 15 is 0 Å². The van der Waals surface area contributed by atoms with Crippen LogP contribution in [-0.2, 0) is 4.79 Å². The Morgan fingerprint density at radius 2 is 2.00 bits per heavy atom. The molecule has 1 amide bonds. The molecule has 0 spiro atoms. The smallest absolute Gasteiger partial charge is 0.258 e. The minimum Gasteiger partial charge on any atom is -0.497 e. The van der Waals surface area contributed by atoms with Gasteiger partial charge in [-0.15, -0.1) is 11.3 Å². The fourth-order valence-electron chi connectivity index (χ4n) is 2.65. The molecule has 0 aliphatic heterocycles. The summed E-state index contributed by atoms with van der Waals surface area (Å²) in [6.45, 7) is -0.268. The Bertz CT molecular complexity index is 942. The lowest BCUT2D eigenvalue weighted by molar-refractivity contribution is -0.123.